The molecule has 0 saturated heterocycles. The Bertz CT molecular complexity index is 849. The van der Waals surface area contributed by atoms with Gasteiger partial charge >= 0.3 is 0 Å². The van der Waals surface area contributed by atoms with E-state index in [1.807, 2.05) is 0 Å². The third kappa shape index (κ3) is 4.06. The van der Waals surface area contributed by atoms with Crippen LogP contribution in [0.4, 0.5) is 0 Å². The Labute approximate surface area is 161 Å². The molecule has 0 atom stereocenters. The Morgan fingerprint density at radius 1 is 1.00 bits per heavy atom. The summed E-state index contributed by atoms with van der Waals surface area (Å²) in [5, 5.41) is 10.3. The Kier molecular flexibility index (Phi) is 6.40. The number of rotatable bonds is 6. The van der Waals surface area contributed by atoms with Crippen LogP contribution in [0.3, 0.4) is 0 Å². The lowest BCUT2D eigenvalue weighted by Gasteiger charge is -2.13. The number of aromatic hydroxyl groups is 1. The zero-order chi connectivity index (χ0) is 19.4. The highest BCUT2D eigenvalue weighted by Gasteiger charge is 2.18. The highest BCUT2D eigenvalue weighted by atomic mass is 35.5. The lowest BCUT2D eigenvalue weighted by Crippen LogP contribution is -2.02. The molecule has 0 bridgehead atoms. The molecule has 0 saturated carbocycles. The Hall–Kier alpha value is -2.37. The van der Waals surface area contributed by atoms with Gasteiger partial charge in [0.1, 0.15) is 5.75 Å². The minimum atomic E-state index is -0.402. The third-order valence-electron chi connectivity index (χ3n) is 3.70. The van der Waals surface area contributed by atoms with Gasteiger partial charge in [0.2, 0.25) is 5.75 Å². The zero-order valence-electron chi connectivity index (χ0n) is 14.7. The minimum absolute atomic E-state index is 0.0152. The molecule has 0 spiro atoms. The summed E-state index contributed by atoms with van der Waals surface area (Å²) >= 11 is 11.8. The minimum Gasteiger partial charge on any atom is -0.506 e. The molecule has 26 heavy (non-hydrogen) atoms. The van der Waals surface area contributed by atoms with Crippen molar-refractivity contribution >= 4 is 35.1 Å². The van der Waals surface area contributed by atoms with E-state index in [9.17, 15) is 9.90 Å². The number of hydrogen-bond donors (Lipinski definition) is 1. The molecule has 0 radical (unpaired) electrons. The van der Waals surface area contributed by atoms with Crippen LogP contribution in [0, 0.1) is 0 Å². The van der Waals surface area contributed by atoms with Gasteiger partial charge in [0.25, 0.3) is 0 Å². The van der Waals surface area contributed by atoms with Gasteiger partial charge in [0.05, 0.1) is 31.9 Å². The van der Waals surface area contributed by atoms with E-state index in [2.05, 4.69) is 0 Å². The summed E-state index contributed by atoms with van der Waals surface area (Å²) in [7, 11) is 4.53. The molecule has 0 aromatic heterocycles. The monoisotopic (exact) mass is 396 g/mol. The second kappa shape index (κ2) is 8.34. The van der Waals surface area contributed by atoms with E-state index in [1.165, 1.54) is 33.5 Å². The Morgan fingerprint density at radius 3 is 2.08 bits per heavy atom. The lowest BCUT2D eigenvalue weighted by molar-refractivity contribution is 0.103. The van der Waals surface area contributed by atoms with Gasteiger partial charge in [0, 0.05) is 5.02 Å². The molecule has 2 aromatic carbocycles. The number of hydrogen-bond acceptors (Lipinski definition) is 5. The molecule has 0 heterocycles. The number of phenols is 1. The largest absolute Gasteiger partial charge is 0.506 e. The second-order valence-electron chi connectivity index (χ2n) is 5.40. The van der Waals surface area contributed by atoms with E-state index < -0.39 is 5.78 Å². The number of ketones is 1. The summed E-state index contributed by atoms with van der Waals surface area (Å²) < 4.78 is 15.9. The number of carbonyl (C=O) groups excluding carboxylic acids is 1. The van der Waals surface area contributed by atoms with Crippen LogP contribution in [0.15, 0.2) is 29.8 Å². The number of benzene rings is 2. The molecule has 0 amide bonds. The number of carbonyl (C=O) groups is 1. The Balaban J connectivity index is 2.48. The van der Waals surface area contributed by atoms with Crippen molar-refractivity contribution in [3.63, 3.8) is 0 Å². The summed E-state index contributed by atoms with van der Waals surface area (Å²) in [6.07, 6.45) is 1.64. The summed E-state index contributed by atoms with van der Waals surface area (Å²) in [4.78, 5) is 12.7. The van der Waals surface area contributed by atoms with Crippen molar-refractivity contribution in [1.29, 1.82) is 0 Å². The molecule has 2 aromatic rings. The molecule has 138 valence electrons. The molecule has 0 fully saturated rings. The van der Waals surface area contributed by atoms with Crippen LogP contribution in [0.2, 0.25) is 10.0 Å². The quantitative estimate of drug-likeness (QED) is 0.548. The molecule has 2 rings (SSSR count). The van der Waals surface area contributed by atoms with E-state index in [-0.39, 0.29) is 21.4 Å². The number of methoxy groups -OCH3 is 3. The van der Waals surface area contributed by atoms with Gasteiger partial charge in [-0.25, -0.2) is 0 Å². The van der Waals surface area contributed by atoms with Crippen LogP contribution >= 0.6 is 23.2 Å². The van der Waals surface area contributed by atoms with Gasteiger partial charge in [-0.05, 0) is 48.4 Å². The molecule has 0 aliphatic heterocycles. The SMILES string of the molecule is COc1cc(C=C(C)C(=O)c2cc(Cl)cc(Cl)c2O)cc(OC)c1OC. The fourth-order valence-corrected chi connectivity index (χ4v) is 2.95. The first-order valence-corrected chi connectivity index (χ1v) is 8.29. The average molecular weight is 397 g/mol. The average Bonchev–Trinajstić information content (AvgIpc) is 2.62. The highest BCUT2D eigenvalue weighted by Crippen LogP contribution is 2.39. The van der Waals surface area contributed by atoms with Gasteiger partial charge in [-0.2, -0.15) is 0 Å². The Morgan fingerprint density at radius 2 is 1.58 bits per heavy atom. The predicted octanol–water partition coefficient (Wildman–Crippen LogP) is 5.01. The van der Waals surface area contributed by atoms with E-state index in [4.69, 9.17) is 37.4 Å². The topological polar surface area (TPSA) is 65.0 Å². The van der Waals surface area contributed by atoms with Crippen molar-refractivity contribution in [2.45, 2.75) is 6.92 Å². The summed E-state index contributed by atoms with van der Waals surface area (Å²) in [5.74, 6) is 0.675. The van der Waals surface area contributed by atoms with Crippen LogP contribution in [0.1, 0.15) is 22.8 Å². The molecule has 1 N–H and O–H groups in total. The van der Waals surface area contributed by atoms with Gasteiger partial charge in [-0.15, -0.1) is 0 Å². The van der Waals surface area contributed by atoms with Crippen LogP contribution in [0.5, 0.6) is 23.0 Å². The van der Waals surface area contributed by atoms with E-state index >= 15 is 0 Å². The van der Waals surface area contributed by atoms with Gasteiger partial charge in [-0.1, -0.05) is 23.2 Å². The molecule has 5 nitrogen and oxygen atoms in total. The fraction of sp³-hybridized carbons (Fsp3) is 0.211. The van der Waals surface area contributed by atoms with Gasteiger partial charge in [0.15, 0.2) is 17.3 Å². The molecular formula is C19H18Cl2O5. The predicted molar refractivity (Wildman–Crippen MR) is 102 cm³/mol. The molecule has 0 aliphatic carbocycles. The molecule has 0 unspecified atom stereocenters. The van der Waals surface area contributed by atoms with Gasteiger partial charge < -0.3 is 19.3 Å². The van der Waals surface area contributed by atoms with Crippen LogP contribution < -0.4 is 14.2 Å². The van der Waals surface area contributed by atoms with Crippen molar-refractivity contribution in [2.75, 3.05) is 21.3 Å². The highest BCUT2D eigenvalue weighted by molar-refractivity contribution is 6.36. The first-order chi connectivity index (χ1) is 12.3. The fourth-order valence-electron chi connectivity index (χ4n) is 2.45. The third-order valence-corrected chi connectivity index (χ3v) is 4.21. The van der Waals surface area contributed by atoms with E-state index in [0.29, 0.717) is 28.4 Å². The van der Waals surface area contributed by atoms with Crippen LogP contribution in [-0.2, 0) is 0 Å². The first-order valence-electron chi connectivity index (χ1n) is 7.53. The van der Waals surface area contributed by atoms with Crippen molar-refractivity contribution in [3.8, 4) is 23.0 Å². The summed E-state index contributed by atoms with van der Waals surface area (Å²) in [6, 6.07) is 6.16. The van der Waals surface area contributed by atoms with Crippen molar-refractivity contribution < 1.29 is 24.1 Å². The number of halogens is 2. The van der Waals surface area contributed by atoms with Crippen LogP contribution in [0.25, 0.3) is 6.08 Å². The number of Topliss-reactive ketones (excluding diaryl/α,β-unsaturated/α-hetero) is 1. The normalized spacial score (nSPS) is 11.2. The second-order valence-corrected chi connectivity index (χ2v) is 6.24. The summed E-state index contributed by atoms with van der Waals surface area (Å²) in [5.41, 5.74) is 1.06. The first kappa shape index (κ1) is 19.9. The maximum atomic E-state index is 12.7. The molecular weight excluding hydrogens is 379 g/mol. The molecule has 0 aliphatic rings. The van der Waals surface area contributed by atoms with Crippen molar-refractivity contribution in [2.24, 2.45) is 0 Å². The van der Waals surface area contributed by atoms with Crippen molar-refractivity contribution in [3.05, 3.63) is 51.0 Å². The number of ether oxygens (including phenoxy) is 3. The molecule has 7 heteroatoms. The van der Waals surface area contributed by atoms with E-state index in [0.717, 1.165) is 0 Å². The van der Waals surface area contributed by atoms with Crippen molar-refractivity contribution in [1.82, 2.24) is 0 Å². The zero-order valence-corrected chi connectivity index (χ0v) is 16.2. The van der Waals surface area contributed by atoms with Crippen LogP contribution in [-0.4, -0.2) is 32.2 Å². The lowest BCUT2D eigenvalue weighted by atomic mass is 10.0. The maximum absolute atomic E-state index is 12.7. The van der Waals surface area contributed by atoms with Gasteiger partial charge in [-0.3, -0.25) is 4.79 Å². The summed E-state index contributed by atoms with van der Waals surface area (Å²) in [6.45, 7) is 1.62. The standard InChI is InChI=1S/C19H18Cl2O5/c1-10(17(22)13-8-12(20)9-14(21)18(13)23)5-11-6-15(24-2)19(26-4)16(7-11)25-3/h5-9,23H,1-4H3. The number of phenolic OH excluding ortho intramolecular Hbond substituents is 1. The maximum Gasteiger partial charge on any atom is 0.203 e. The smallest absolute Gasteiger partial charge is 0.203 e. The number of allylic oxidation sites excluding steroid dienone is 1. The van der Waals surface area contributed by atoms with E-state index in [1.54, 1.807) is 25.1 Å².